The fourth-order valence-electron chi connectivity index (χ4n) is 2.47. The maximum atomic E-state index is 13.9. The molecule has 0 radical (unpaired) electrons. The molecule has 7 heteroatoms. The average Bonchev–Trinajstić information content (AvgIpc) is 3.11. The van der Waals surface area contributed by atoms with Crippen LogP contribution in [0.5, 0.6) is 0 Å². The average molecular weight is 415 g/mol. The van der Waals surface area contributed by atoms with Crippen molar-refractivity contribution < 1.29 is 14.0 Å². The van der Waals surface area contributed by atoms with E-state index in [0.717, 1.165) is 9.75 Å². The predicted octanol–water partition coefficient (Wildman–Crippen LogP) is 5.82. The maximum absolute atomic E-state index is 13.9. The fourth-order valence-corrected chi connectivity index (χ4v) is 3.64. The van der Waals surface area contributed by atoms with E-state index in [1.165, 1.54) is 30.4 Å². The van der Waals surface area contributed by atoms with E-state index in [9.17, 15) is 14.0 Å². The Hall–Kier alpha value is -2.96. The SMILES string of the molecule is CC(=O)Nc1ccc(NC(=O)/C=C/c2ccc(-c3ccccc3F)s2)cc1Cl. The van der Waals surface area contributed by atoms with Crippen molar-refractivity contribution in [3.8, 4) is 10.4 Å². The van der Waals surface area contributed by atoms with Gasteiger partial charge in [-0.25, -0.2) is 4.39 Å². The molecule has 0 saturated heterocycles. The zero-order chi connectivity index (χ0) is 20.1. The second-order valence-corrected chi connectivity index (χ2v) is 7.40. The summed E-state index contributed by atoms with van der Waals surface area (Å²) in [6, 6.07) is 15.0. The summed E-state index contributed by atoms with van der Waals surface area (Å²) in [4.78, 5) is 24.8. The third-order valence-electron chi connectivity index (χ3n) is 3.71. The van der Waals surface area contributed by atoms with Crippen LogP contribution in [0.25, 0.3) is 16.5 Å². The number of anilines is 2. The summed E-state index contributed by atoms with van der Waals surface area (Å²) in [7, 11) is 0. The largest absolute Gasteiger partial charge is 0.325 e. The Balaban J connectivity index is 1.65. The van der Waals surface area contributed by atoms with Gasteiger partial charge < -0.3 is 10.6 Å². The predicted molar refractivity (Wildman–Crippen MR) is 113 cm³/mol. The van der Waals surface area contributed by atoms with Crippen LogP contribution < -0.4 is 10.6 Å². The number of hydrogen-bond donors (Lipinski definition) is 2. The number of thiophene rings is 1. The van der Waals surface area contributed by atoms with Crippen molar-refractivity contribution >= 4 is 52.2 Å². The highest BCUT2D eigenvalue weighted by molar-refractivity contribution is 7.16. The molecule has 0 bridgehead atoms. The molecule has 1 heterocycles. The molecule has 1 aromatic heterocycles. The normalized spacial score (nSPS) is 10.8. The van der Waals surface area contributed by atoms with Gasteiger partial charge in [-0.3, -0.25) is 9.59 Å². The smallest absolute Gasteiger partial charge is 0.248 e. The first-order valence-corrected chi connectivity index (χ1v) is 9.53. The summed E-state index contributed by atoms with van der Waals surface area (Å²) in [6.45, 7) is 1.39. The zero-order valence-electron chi connectivity index (χ0n) is 14.8. The second-order valence-electron chi connectivity index (χ2n) is 5.88. The van der Waals surface area contributed by atoms with E-state index in [-0.39, 0.29) is 17.6 Å². The van der Waals surface area contributed by atoms with E-state index < -0.39 is 0 Å². The molecule has 2 N–H and O–H groups in total. The Morgan fingerprint density at radius 2 is 1.86 bits per heavy atom. The highest BCUT2D eigenvalue weighted by Crippen LogP contribution is 2.30. The topological polar surface area (TPSA) is 58.2 Å². The lowest BCUT2D eigenvalue weighted by atomic mass is 10.2. The van der Waals surface area contributed by atoms with Crippen molar-refractivity contribution in [1.29, 1.82) is 0 Å². The zero-order valence-corrected chi connectivity index (χ0v) is 16.4. The lowest BCUT2D eigenvalue weighted by molar-refractivity contribution is -0.114. The van der Waals surface area contributed by atoms with Crippen molar-refractivity contribution in [2.24, 2.45) is 0 Å². The molecule has 142 valence electrons. The monoisotopic (exact) mass is 414 g/mol. The summed E-state index contributed by atoms with van der Waals surface area (Å²) in [5, 5.41) is 5.62. The lowest BCUT2D eigenvalue weighted by Gasteiger charge is -2.07. The first-order chi connectivity index (χ1) is 13.4. The number of rotatable bonds is 5. The standard InChI is InChI=1S/C21H16ClFN2O2S/c1-13(26)24-19-9-6-14(12-17(19)22)25-21(27)11-8-15-7-10-20(28-15)16-4-2-3-5-18(16)23/h2-12H,1H3,(H,24,26)(H,25,27)/b11-8+. The van der Waals surface area contributed by atoms with Gasteiger partial charge in [0, 0.05) is 34.0 Å². The van der Waals surface area contributed by atoms with E-state index in [4.69, 9.17) is 11.6 Å². The molecule has 0 fully saturated rings. The molecule has 2 aromatic carbocycles. The Kier molecular flexibility index (Phi) is 6.23. The van der Waals surface area contributed by atoms with Crippen LogP contribution >= 0.6 is 22.9 Å². The van der Waals surface area contributed by atoms with Crippen LogP contribution in [0.1, 0.15) is 11.8 Å². The third kappa shape index (κ3) is 5.06. The van der Waals surface area contributed by atoms with Gasteiger partial charge in [-0.2, -0.15) is 0 Å². The van der Waals surface area contributed by atoms with Crippen molar-refractivity contribution in [3.63, 3.8) is 0 Å². The minimum atomic E-state index is -0.329. The Labute approximate surface area is 170 Å². The fraction of sp³-hybridized carbons (Fsp3) is 0.0476. The van der Waals surface area contributed by atoms with Crippen molar-refractivity contribution in [2.45, 2.75) is 6.92 Å². The van der Waals surface area contributed by atoms with Gasteiger partial charge in [-0.15, -0.1) is 11.3 Å². The first-order valence-electron chi connectivity index (χ1n) is 8.33. The number of benzene rings is 2. The molecule has 0 atom stereocenters. The number of carbonyl (C=O) groups is 2. The molecule has 0 aliphatic heterocycles. The van der Waals surface area contributed by atoms with E-state index in [0.29, 0.717) is 22.0 Å². The highest BCUT2D eigenvalue weighted by atomic mass is 35.5. The minimum Gasteiger partial charge on any atom is -0.325 e. The summed E-state index contributed by atoms with van der Waals surface area (Å²) in [6.07, 6.45) is 3.06. The molecule has 2 amide bonds. The number of hydrogen-bond acceptors (Lipinski definition) is 3. The van der Waals surface area contributed by atoms with Gasteiger partial charge in [0.2, 0.25) is 11.8 Å². The van der Waals surface area contributed by atoms with Crippen molar-refractivity contribution in [2.75, 3.05) is 10.6 Å². The minimum absolute atomic E-state index is 0.229. The van der Waals surface area contributed by atoms with Crippen LogP contribution in [0.2, 0.25) is 5.02 Å². The molecule has 0 unspecified atom stereocenters. The Morgan fingerprint density at radius 3 is 2.57 bits per heavy atom. The van der Waals surface area contributed by atoms with Crippen LogP contribution in [-0.4, -0.2) is 11.8 Å². The van der Waals surface area contributed by atoms with Crippen LogP contribution in [-0.2, 0) is 9.59 Å². The van der Waals surface area contributed by atoms with E-state index in [1.807, 2.05) is 12.1 Å². The molecular weight excluding hydrogens is 399 g/mol. The molecule has 4 nitrogen and oxygen atoms in total. The van der Waals surface area contributed by atoms with Crippen LogP contribution in [0.15, 0.2) is 60.7 Å². The summed E-state index contributed by atoms with van der Waals surface area (Å²) in [5.41, 5.74) is 1.51. The molecule has 3 aromatic rings. The second kappa shape index (κ2) is 8.82. The Morgan fingerprint density at radius 1 is 1.07 bits per heavy atom. The van der Waals surface area contributed by atoms with Crippen molar-refractivity contribution in [3.05, 3.63) is 76.4 Å². The molecule has 0 saturated carbocycles. The van der Waals surface area contributed by atoms with Crippen molar-refractivity contribution in [1.82, 2.24) is 0 Å². The number of amides is 2. The molecule has 0 spiro atoms. The molecule has 0 aliphatic carbocycles. The van der Waals surface area contributed by atoms with Crippen LogP contribution in [0.3, 0.4) is 0 Å². The summed E-state index contributed by atoms with van der Waals surface area (Å²) in [5.74, 6) is -0.839. The number of carbonyl (C=O) groups excluding carboxylic acids is 2. The number of nitrogens with one attached hydrogen (secondary N) is 2. The van der Waals surface area contributed by atoms with Gasteiger partial charge in [0.25, 0.3) is 0 Å². The number of halogens is 2. The van der Waals surface area contributed by atoms with Gasteiger partial charge >= 0.3 is 0 Å². The van der Waals surface area contributed by atoms with Gasteiger partial charge in [-0.05, 0) is 42.5 Å². The molecule has 28 heavy (non-hydrogen) atoms. The van der Waals surface area contributed by atoms with Gasteiger partial charge in [0.15, 0.2) is 0 Å². The maximum Gasteiger partial charge on any atom is 0.248 e. The Bertz CT molecular complexity index is 1060. The van der Waals surface area contributed by atoms with E-state index in [1.54, 1.807) is 42.5 Å². The van der Waals surface area contributed by atoms with Crippen LogP contribution in [0, 0.1) is 5.82 Å². The third-order valence-corrected chi connectivity index (χ3v) is 5.11. The highest BCUT2D eigenvalue weighted by Gasteiger charge is 2.07. The van der Waals surface area contributed by atoms with Crippen LogP contribution in [0.4, 0.5) is 15.8 Å². The summed E-state index contributed by atoms with van der Waals surface area (Å²) >= 11 is 7.48. The van der Waals surface area contributed by atoms with E-state index >= 15 is 0 Å². The van der Waals surface area contributed by atoms with Gasteiger partial charge in [-0.1, -0.05) is 29.8 Å². The lowest BCUT2D eigenvalue weighted by Crippen LogP contribution is -2.09. The summed E-state index contributed by atoms with van der Waals surface area (Å²) < 4.78 is 13.9. The molecular formula is C21H16ClFN2O2S. The van der Waals surface area contributed by atoms with E-state index in [2.05, 4.69) is 10.6 Å². The quantitative estimate of drug-likeness (QED) is 0.517. The van der Waals surface area contributed by atoms with Gasteiger partial charge in [0.05, 0.1) is 10.7 Å². The molecule has 3 rings (SSSR count). The van der Waals surface area contributed by atoms with Gasteiger partial charge in [0.1, 0.15) is 5.82 Å². The first kappa shape index (κ1) is 19.8. The molecule has 0 aliphatic rings.